The zero-order valence-electron chi connectivity index (χ0n) is 20.5. The van der Waals surface area contributed by atoms with Crippen molar-refractivity contribution < 1.29 is 24.2 Å². The van der Waals surface area contributed by atoms with Crippen molar-refractivity contribution in [2.24, 2.45) is 13.0 Å². The summed E-state index contributed by atoms with van der Waals surface area (Å²) >= 11 is 0. The van der Waals surface area contributed by atoms with Crippen LogP contribution in [0, 0.1) is 12.8 Å². The number of aliphatic carboxylic acids is 1. The maximum atomic E-state index is 12.5. The van der Waals surface area contributed by atoms with Gasteiger partial charge in [-0.15, -0.1) is 5.10 Å². The summed E-state index contributed by atoms with van der Waals surface area (Å²) in [4.78, 5) is 38.1. The maximum Gasteiger partial charge on any atom is 0.410 e. The summed E-state index contributed by atoms with van der Waals surface area (Å²) in [5.41, 5.74) is 2.31. The lowest BCUT2D eigenvalue weighted by atomic mass is 9.87. The smallest absolute Gasteiger partial charge is 0.410 e. The first kappa shape index (κ1) is 25.0. The number of nitrogens with zero attached hydrogens (tertiary/aromatic N) is 7. The van der Waals surface area contributed by atoms with Crippen LogP contribution in [0.5, 0.6) is 5.75 Å². The van der Waals surface area contributed by atoms with Crippen LogP contribution in [0.15, 0.2) is 30.6 Å². The molecule has 3 aromatic rings. The van der Waals surface area contributed by atoms with E-state index < -0.39 is 12.1 Å². The molecule has 36 heavy (non-hydrogen) atoms. The SMILES string of the molecule is Cc1nc(-c2nnn(C)c2COC(=O)N(C)Cc2ncccn2)ccc1O[C@H]1CCC[C@H](C(=O)O)C1. The van der Waals surface area contributed by atoms with Crippen LogP contribution >= 0.6 is 0 Å². The third kappa shape index (κ3) is 5.93. The van der Waals surface area contributed by atoms with Crippen molar-refractivity contribution in [2.75, 3.05) is 7.05 Å². The summed E-state index contributed by atoms with van der Waals surface area (Å²) in [5.74, 6) is -0.0330. The van der Waals surface area contributed by atoms with Crippen LogP contribution in [0.2, 0.25) is 0 Å². The Balaban J connectivity index is 1.41. The van der Waals surface area contributed by atoms with Crippen LogP contribution < -0.4 is 4.74 Å². The molecule has 0 aromatic carbocycles. The monoisotopic (exact) mass is 495 g/mol. The highest BCUT2D eigenvalue weighted by Gasteiger charge is 2.28. The quantitative estimate of drug-likeness (QED) is 0.495. The Morgan fingerprint density at radius 3 is 2.72 bits per heavy atom. The molecule has 0 bridgehead atoms. The first-order chi connectivity index (χ1) is 17.3. The highest BCUT2D eigenvalue weighted by molar-refractivity contribution is 5.70. The number of amides is 1. The molecule has 0 unspecified atom stereocenters. The van der Waals surface area contributed by atoms with E-state index in [-0.39, 0.29) is 25.2 Å². The fourth-order valence-corrected chi connectivity index (χ4v) is 4.13. The number of carbonyl (C=O) groups excluding carboxylic acids is 1. The molecule has 12 heteroatoms. The second-order valence-corrected chi connectivity index (χ2v) is 8.81. The van der Waals surface area contributed by atoms with Crippen LogP contribution in [0.4, 0.5) is 4.79 Å². The van der Waals surface area contributed by atoms with Crippen LogP contribution in [0.25, 0.3) is 11.4 Å². The van der Waals surface area contributed by atoms with Gasteiger partial charge in [0.25, 0.3) is 0 Å². The molecule has 190 valence electrons. The molecule has 1 saturated carbocycles. The number of ether oxygens (including phenoxy) is 2. The van der Waals surface area contributed by atoms with Crippen molar-refractivity contribution in [1.29, 1.82) is 0 Å². The molecular formula is C24H29N7O5. The number of carboxylic acid groups (broad SMARTS) is 1. The average molecular weight is 496 g/mol. The van der Waals surface area contributed by atoms with Gasteiger partial charge in [-0.05, 0) is 50.8 Å². The van der Waals surface area contributed by atoms with Crippen molar-refractivity contribution in [3.63, 3.8) is 0 Å². The molecule has 1 aliphatic rings. The Hall–Kier alpha value is -4.09. The van der Waals surface area contributed by atoms with E-state index in [0.717, 1.165) is 12.8 Å². The van der Waals surface area contributed by atoms with Gasteiger partial charge in [-0.3, -0.25) is 4.79 Å². The lowest BCUT2D eigenvalue weighted by Gasteiger charge is -2.27. The van der Waals surface area contributed by atoms with Crippen molar-refractivity contribution in [3.8, 4) is 17.1 Å². The summed E-state index contributed by atoms with van der Waals surface area (Å²) in [7, 11) is 3.32. The van der Waals surface area contributed by atoms with E-state index in [4.69, 9.17) is 9.47 Å². The third-order valence-corrected chi connectivity index (χ3v) is 6.13. The molecular weight excluding hydrogens is 466 g/mol. The number of aryl methyl sites for hydroxylation is 2. The number of hydrogen-bond acceptors (Lipinski definition) is 9. The van der Waals surface area contributed by atoms with Gasteiger partial charge in [0, 0.05) is 26.5 Å². The summed E-state index contributed by atoms with van der Waals surface area (Å²) < 4.78 is 13.1. The molecule has 0 radical (unpaired) electrons. The zero-order valence-corrected chi connectivity index (χ0v) is 20.5. The van der Waals surface area contributed by atoms with E-state index in [1.807, 2.05) is 6.92 Å². The van der Waals surface area contributed by atoms with Gasteiger partial charge in [0.2, 0.25) is 0 Å². The standard InChI is InChI=1S/C24H29N7O5/c1-15-20(36-17-7-4-6-16(12-17)23(32)33)9-8-18(27-15)22-19(31(3)29-28-22)14-35-24(34)30(2)13-21-25-10-5-11-26-21/h5,8-11,16-17H,4,6-7,12-14H2,1-3H3,(H,32,33)/t16-,17-/m0/s1. The molecule has 3 heterocycles. The van der Waals surface area contributed by atoms with Gasteiger partial charge in [0.05, 0.1) is 30.0 Å². The normalized spacial score (nSPS) is 17.4. The molecule has 0 saturated heterocycles. The number of rotatable bonds is 8. The Morgan fingerprint density at radius 2 is 2.00 bits per heavy atom. The van der Waals surface area contributed by atoms with E-state index in [9.17, 15) is 14.7 Å². The van der Waals surface area contributed by atoms with Gasteiger partial charge in [-0.1, -0.05) is 5.21 Å². The maximum absolute atomic E-state index is 12.5. The van der Waals surface area contributed by atoms with E-state index in [2.05, 4.69) is 25.3 Å². The summed E-state index contributed by atoms with van der Waals surface area (Å²) in [6, 6.07) is 5.28. The van der Waals surface area contributed by atoms with Crippen molar-refractivity contribution >= 4 is 12.1 Å². The van der Waals surface area contributed by atoms with Gasteiger partial charge in [0.1, 0.15) is 29.6 Å². The predicted octanol–water partition coefficient (Wildman–Crippen LogP) is 2.77. The minimum absolute atomic E-state index is 0.0463. The highest BCUT2D eigenvalue weighted by Crippen LogP contribution is 2.30. The molecule has 1 N–H and O–H groups in total. The molecule has 1 fully saturated rings. The van der Waals surface area contributed by atoms with E-state index >= 15 is 0 Å². The number of carboxylic acids is 1. The van der Waals surface area contributed by atoms with Crippen LogP contribution in [-0.2, 0) is 29.7 Å². The molecule has 2 atom stereocenters. The Kier molecular flexibility index (Phi) is 7.71. The topological polar surface area (TPSA) is 145 Å². The summed E-state index contributed by atoms with van der Waals surface area (Å²) in [6.07, 6.45) is 5.34. The molecule has 12 nitrogen and oxygen atoms in total. The minimum atomic E-state index is -0.774. The fourth-order valence-electron chi connectivity index (χ4n) is 4.13. The molecule has 1 aliphatic carbocycles. The Bertz CT molecular complexity index is 1220. The number of hydrogen-bond donors (Lipinski definition) is 1. The second-order valence-electron chi connectivity index (χ2n) is 8.81. The van der Waals surface area contributed by atoms with Crippen LogP contribution in [0.3, 0.4) is 0 Å². The molecule has 0 aliphatic heterocycles. The van der Waals surface area contributed by atoms with Gasteiger partial charge in [-0.2, -0.15) is 0 Å². The molecule has 0 spiro atoms. The van der Waals surface area contributed by atoms with Gasteiger partial charge in [-0.25, -0.2) is 24.4 Å². The number of aromatic nitrogens is 6. The summed E-state index contributed by atoms with van der Waals surface area (Å²) in [5, 5.41) is 17.6. The fraction of sp³-hybridized carbons (Fsp3) is 0.458. The highest BCUT2D eigenvalue weighted by atomic mass is 16.6. The van der Waals surface area contributed by atoms with Gasteiger partial charge in [0.15, 0.2) is 0 Å². The van der Waals surface area contributed by atoms with Crippen LogP contribution in [-0.4, -0.2) is 65.2 Å². The third-order valence-electron chi connectivity index (χ3n) is 6.13. The first-order valence-corrected chi connectivity index (χ1v) is 11.7. The zero-order chi connectivity index (χ0) is 25.7. The second kappa shape index (κ2) is 11.1. The lowest BCUT2D eigenvalue weighted by molar-refractivity contribution is -0.143. The van der Waals surface area contributed by atoms with Crippen molar-refractivity contribution in [1.82, 2.24) is 34.8 Å². The molecule has 4 rings (SSSR count). The van der Waals surface area contributed by atoms with E-state index in [1.165, 1.54) is 4.90 Å². The predicted molar refractivity (Wildman–Crippen MR) is 127 cm³/mol. The number of pyridine rings is 1. The van der Waals surface area contributed by atoms with Crippen LogP contribution in [0.1, 0.15) is 42.9 Å². The number of carbonyl (C=O) groups is 2. The van der Waals surface area contributed by atoms with Crippen molar-refractivity contribution in [2.45, 2.75) is 51.9 Å². The van der Waals surface area contributed by atoms with E-state index in [1.54, 1.807) is 49.4 Å². The summed E-state index contributed by atoms with van der Waals surface area (Å²) in [6.45, 7) is 1.99. The Morgan fingerprint density at radius 1 is 1.22 bits per heavy atom. The minimum Gasteiger partial charge on any atom is -0.489 e. The largest absolute Gasteiger partial charge is 0.489 e. The van der Waals surface area contributed by atoms with E-state index in [0.29, 0.717) is 47.2 Å². The Labute approximate surface area is 208 Å². The first-order valence-electron chi connectivity index (χ1n) is 11.7. The van der Waals surface area contributed by atoms with Gasteiger partial charge < -0.3 is 19.5 Å². The van der Waals surface area contributed by atoms with Crippen molar-refractivity contribution in [3.05, 3.63) is 47.8 Å². The van der Waals surface area contributed by atoms with Gasteiger partial charge >= 0.3 is 12.1 Å². The average Bonchev–Trinajstić information content (AvgIpc) is 3.24. The molecule has 1 amide bonds. The lowest BCUT2D eigenvalue weighted by Crippen LogP contribution is -2.29. The molecule has 3 aromatic heterocycles.